The summed E-state index contributed by atoms with van der Waals surface area (Å²) in [6, 6.07) is 13.2. The molecule has 6 nitrogen and oxygen atoms in total. The number of furan rings is 2. The highest BCUT2D eigenvalue weighted by Crippen LogP contribution is 2.35. The highest BCUT2D eigenvalue weighted by Gasteiger charge is 2.19. The first-order chi connectivity index (χ1) is 12.7. The first-order valence-corrected chi connectivity index (χ1v) is 9.02. The number of rotatable bonds is 3. The van der Waals surface area contributed by atoms with Crippen LogP contribution in [0.4, 0.5) is 0 Å². The molecular formula is C18H11ClN4O2S. The Kier molecular flexibility index (Phi) is 3.44. The van der Waals surface area contributed by atoms with Crippen LogP contribution in [0.3, 0.4) is 0 Å². The van der Waals surface area contributed by atoms with Crippen LogP contribution in [0.5, 0.6) is 0 Å². The summed E-state index contributed by atoms with van der Waals surface area (Å²) in [7, 11) is 0. The third-order valence-corrected chi connectivity index (χ3v) is 5.29. The van der Waals surface area contributed by atoms with Crippen LogP contribution < -0.4 is 0 Å². The second kappa shape index (κ2) is 5.82. The normalized spacial score (nSPS) is 11.5. The van der Waals surface area contributed by atoms with Crippen LogP contribution in [0, 0.1) is 6.92 Å². The molecule has 0 aliphatic carbocycles. The number of nitrogens with zero attached hydrogens (tertiary/aromatic N) is 4. The molecule has 0 saturated carbocycles. The molecule has 0 amide bonds. The van der Waals surface area contributed by atoms with Crippen LogP contribution in [0.1, 0.15) is 5.76 Å². The third-order valence-electron chi connectivity index (χ3n) is 4.05. The molecule has 26 heavy (non-hydrogen) atoms. The van der Waals surface area contributed by atoms with Crippen molar-refractivity contribution in [2.75, 3.05) is 0 Å². The Morgan fingerprint density at radius 3 is 2.65 bits per heavy atom. The smallest absolute Gasteiger partial charge is 0.235 e. The van der Waals surface area contributed by atoms with E-state index in [1.165, 1.54) is 11.3 Å². The summed E-state index contributed by atoms with van der Waals surface area (Å²) in [4.78, 5) is 0.686. The van der Waals surface area contributed by atoms with Crippen molar-refractivity contribution in [2.45, 2.75) is 6.92 Å². The summed E-state index contributed by atoms with van der Waals surface area (Å²) >= 11 is 7.66. The first-order valence-electron chi connectivity index (χ1n) is 7.82. The fourth-order valence-electron chi connectivity index (χ4n) is 2.76. The van der Waals surface area contributed by atoms with Gasteiger partial charge in [0.15, 0.2) is 16.6 Å². The van der Waals surface area contributed by atoms with E-state index >= 15 is 0 Å². The van der Waals surface area contributed by atoms with Crippen molar-refractivity contribution in [3.8, 4) is 33.5 Å². The predicted molar refractivity (Wildman–Crippen MR) is 99.2 cm³/mol. The third kappa shape index (κ3) is 2.36. The average molecular weight is 383 g/mol. The second-order valence-electron chi connectivity index (χ2n) is 5.66. The number of benzene rings is 1. The lowest BCUT2D eigenvalue weighted by Crippen LogP contribution is -1.90. The Balaban J connectivity index is 1.58. The topological polar surface area (TPSA) is 69.4 Å². The molecule has 4 heterocycles. The van der Waals surface area contributed by atoms with Gasteiger partial charge in [-0.2, -0.15) is 4.52 Å². The van der Waals surface area contributed by atoms with Gasteiger partial charge in [-0.3, -0.25) is 0 Å². The molecule has 0 spiro atoms. The van der Waals surface area contributed by atoms with Gasteiger partial charge in [0.05, 0.1) is 16.8 Å². The maximum atomic E-state index is 6.25. The average Bonchev–Trinajstić information content (AvgIpc) is 3.38. The number of aromatic nitrogens is 4. The van der Waals surface area contributed by atoms with E-state index in [2.05, 4.69) is 15.3 Å². The Morgan fingerprint density at radius 1 is 1.00 bits per heavy atom. The van der Waals surface area contributed by atoms with Crippen molar-refractivity contribution in [3.05, 3.63) is 59.5 Å². The van der Waals surface area contributed by atoms with Gasteiger partial charge in [0, 0.05) is 5.56 Å². The van der Waals surface area contributed by atoms with Gasteiger partial charge in [-0.1, -0.05) is 35.1 Å². The summed E-state index contributed by atoms with van der Waals surface area (Å²) in [5.74, 6) is 2.77. The van der Waals surface area contributed by atoms with Gasteiger partial charge in [0.25, 0.3) is 0 Å². The molecule has 5 aromatic rings. The molecule has 0 bridgehead atoms. The van der Waals surface area contributed by atoms with Crippen LogP contribution in [0.25, 0.3) is 38.4 Å². The van der Waals surface area contributed by atoms with Crippen LogP contribution in [0.2, 0.25) is 5.02 Å². The molecular weight excluding hydrogens is 372 g/mol. The molecule has 1 aromatic carbocycles. The van der Waals surface area contributed by atoms with Gasteiger partial charge >= 0.3 is 0 Å². The van der Waals surface area contributed by atoms with E-state index in [4.69, 9.17) is 20.4 Å². The zero-order chi connectivity index (χ0) is 17.7. The molecule has 0 unspecified atom stereocenters. The molecule has 0 atom stereocenters. The number of halogens is 1. The fraction of sp³-hybridized carbons (Fsp3) is 0.0556. The molecule has 8 heteroatoms. The van der Waals surface area contributed by atoms with Gasteiger partial charge < -0.3 is 8.83 Å². The highest BCUT2D eigenvalue weighted by molar-refractivity contribution is 7.19. The van der Waals surface area contributed by atoms with E-state index in [9.17, 15) is 0 Å². The maximum absolute atomic E-state index is 6.25. The zero-order valence-electron chi connectivity index (χ0n) is 13.5. The fourth-order valence-corrected chi connectivity index (χ4v) is 3.79. The Labute approximate surface area is 156 Å². The van der Waals surface area contributed by atoms with Crippen LogP contribution in [0.15, 0.2) is 57.6 Å². The lowest BCUT2D eigenvalue weighted by Gasteiger charge is -1.99. The van der Waals surface area contributed by atoms with Gasteiger partial charge in [-0.25, -0.2) is 0 Å². The second-order valence-corrected chi connectivity index (χ2v) is 7.02. The van der Waals surface area contributed by atoms with E-state index in [-0.39, 0.29) is 0 Å². The molecule has 4 aromatic heterocycles. The first kappa shape index (κ1) is 15.4. The molecule has 0 radical (unpaired) electrons. The number of hydrogen-bond donors (Lipinski definition) is 0. The summed E-state index contributed by atoms with van der Waals surface area (Å²) in [6.07, 6.45) is 1.63. The number of hydrogen-bond acceptors (Lipinski definition) is 6. The van der Waals surface area contributed by atoms with Crippen molar-refractivity contribution in [1.29, 1.82) is 0 Å². The van der Waals surface area contributed by atoms with Gasteiger partial charge in [-0.15, -0.1) is 15.3 Å². The van der Waals surface area contributed by atoms with E-state index in [1.807, 2.05) is 49.4 Å². The Morgan fingerprint density at radius 2 is 1.85 bits per heavy atom. The van der Waals surface area contributed by atoms with Crippen molar-refractivity contribution in [1.82, 2.24) is 19.8 Å². The van der Waals surface area contributed by atoms with E-state index in [0.29, 0.717) is 27.3 Å². The van der Waals surface area contributed by atoms with Crippen molar-refractivity contribution >= 4 is 27.9 Å². The quantitative estimate of drug-likeness (QED) is 0.421. The number of fused-ring (bicyclic) bond motifs is 1. The van der Waals surface area contributed by atoms with Crippen molar-refractivity contribution in [3.63, 3.8) is 0 Å². The highest BCUT2D eigenvalue weighted by atomic mass is 35.5. The van der Waals surface area contributed by atoms with Crippen LogP contribution >= 0.6 is 22.9 Å². The summed E-state index contributed by atoms with van der Waals surface area (Å²) in [5.41, 5.74) is 1.71. The van der Waals surface area contributed by atoms with E-state index in [1.54, 1.807) is 10.8 Å². The maximum Gasteiger partial charge on any atom is 0.235 e. The molecule has 5 rings (SSSR count). The molecule has 0 fully saturated rings. The van der Waals surface area contributed by atoms with Crippen molar-refractivity contribution < 1.29 is 8.83 Å². The summed E-state index contributed by atoms with van der Waals surface area (Å²) in [6.45, 7) is 1.88. The summed E-state index contributed by atoms with van der Waals surface area (Å²) < 4.78 is 13.0. The minimum absolute atomic E-state index is 0.643. The molecule has 0 aliphatic heterocycles. The predicted octanol–water partition coefficient (Wildman–Crippen LogP) is 5.33. The minimum Gasteiger partial charge on any atom is -0.469 e. The zero-order valence-corrected chi connectivity index (χ0v) is 15.1. The SMILES string of the molecule is Cc1occc1-c1nnc2sc(-c3ccc(-c4ccccc4Cl)o3)nn12. The van der Waals surface area contributed by atoms with Gasteiger partial charge in [-0.05, 0) is 37.3 Å². The minimum atomic E-state index is 0.643. The molecule has 0 N–H and O–H groups in total. The molecule has 128 valence electrons. The van der Waals surface area contributed by atoms with E-state index < -0.39 is 0 Å². The molecule has 0 aliphatic rings. The van der Waals surface area contributed by atoms with Crippen LogP contribution in [-0.2, 0) is 0 Å². The Bertz CT molecular complexity index is 1230. The Hall–Kier alpha value is -2.90. The lowest BCUT2D eigenvalue weighted by molar-refractivity contribution is 0.535. The monoisotopic (exact) mass is 382 g/mol. The standard InChI is InChI=1S/C18H11ClN4O2S/c1-10-11(8-9-24-10)16-20-21-18-23(16)22-17(26-18)15-7-6-14(25-15)12-4-2-3-5-13(12)19/h2-9H,1H3. The number of aryl methyl sites for hydroxylation is 1. The van der Waals surface area contributed by atoms with Crippen LogP contribution in [-0.4, -0.2) is 19.8 Å². The van der Waals surface area contributed by atoms with Gasteiger partial charge in [0.1, 0.15) is 11.5 Å². The lowest BCUT2D eigenvalue weighted by atomic mass is 10.2. The van der Waals surface area contributed by atoms with E-state index in [0.717, 1.165) is 21.9 Å². The van der Waals surface area contributed by atoms with Gasteiger partial charge in [0.2, 0.25) is 4.96 Å². The van der Waals surface area contributed by atoms with Crippen molar-refractivity contribution in [2.24, 2.45) is 0 Å². The summed E-state index contributed by atoms with van der Waals surface area (Å²) in [5, 5.41) is 14.4. The largest absolute Gasteiger partial charge is 0.469 e. The molecule has 0 saturated heterocycles.